The zero-order valence-corrected chi connectivity index (χ0v) is 17.9. The van der Waals surface area contributed by atoms with E-state index in [0.717, 1.165) is 5.56 Å². The molecule has 164 valence electrons. The van der Waals surface area contributed by atoms with Crippen LogP contribution >= 0.6 is 0 Å². The molecule has 2 aromatic rings. The van der Waals surface area contributed by atoms with E-state index in [1.807, 2.05) is 49.1 Å². The highest BCUT2D eigenvalue weighted by Crippen LogP contribution is 2.29. The number of para-hydroxylation sites is 2. The fourth-order valence-corrected chi connectivity index (χ4v) is 3.76. The van der Waals surface area contributed by atoms with Crippen LogP contribution in [0.25, 0.3) is 0 Å². The Hall–Kier alpha value is -3.42. The first-order valence-corrected chi connectivity index (χ1v) is 10.5. The zero-order chi connectivity index (χ0) is 22.4. The van der Waals surface area contributed by atoms with Crippen LogP contribution in [-0.4, -0.2) is 47.8 Å². The first kappa shape index (κ1) is 22.3. The SMILES string of the molecule is CC(C)CC(=O)NC(C(=O)N1CCN(c2ccccc2[N+](=O)[O-])CC1)c1ccccc1. The van der Waals surface area contributed by atoms with E-state index < -0.39 is 6.04 Å². The van der Waals surface area contributed by atoms with Crippen molar-refractivity contribution in [1.82, 2.24) is 10.2 Å². The average molecular weight is 425 g/mol. The maximum atomic E-state index is 13.3. The summed E-state index contributed by atoms with van der Waals surface area (Å²) in [5.41, 5.74) is 1.36. The summed E-state index contributed by atoms with van der Waals surface area (Å²) in [5, 5.41) is 14.2. The van der Waals surface area contributed by atoms with Crippen LogP contribution in [0, 0.1) is 16.0 Å². The summed E-state index contributed by atoms with van der Waals surface area (Å²) in [6.07, 6.45) is 0.349. The highest BCUT2D eigenvalue weighted by molar-refractivity contribution is 5.89. The molecule has 0 bridgehead atoms. The lowest BCUT2D eigenvalue weighted by molar-refractivity contribution is -0.384. The van der Waals surface area contributed by atoms with Crippen LogP contribution in [0.4, 0.5) is 11.4 Å². The van der Waals surface area contributed by atoms with E-state index in [9.17, 15) is 19.7 Å². The van der Waals surface area contributed by atoms with Gasteiger partial charge in [0, 0.05) is 38.7 Å². The molecular formula is C23H28N4O4. The summed E-state index contributed by atoms with van der Waals surface area (Å²) in [6, 6.07) is 15.1. The molecule has 3 rings (SSSR count). The van der Waals surface area contributed by atoms with Crippen LogP contribution in [-0.2, 0) is 9.59 Å². The maximum absolute atomic E-state index is 13.3. The van der Waals surface area contributed by atoms with Gasteiger partial charge in [-0.15, -0.1) is 0 Å². The van der Waals surface area contributed by atoms with Gasteiger partial charge in [0.05, 0.1) is 4.92 Å². The number of benzene rings is 2. The Morgan fingerprint density at radius 3 is 2.23 bits per heavy atom. The van der Waals surface area contributed by atoms with Crippen molar-refractivity contribution in [2.24, 2.45) is 5.92 Å². The number of carbonyl (C=O) groups excluding carboxylic acids is 2. The number of hydrogen-bond donors (Lipinski definition) is 1. The minimum atomic E-state index is -0.745. The van der Waals surface area contributed by atoms with Crippen molar-refractivity contribution in [3.8, 4) is 0 Å². The van der Waals surface area contributed by atoms with E-state index in [4.69, 9.17) is 0 Å². The number of piperazine rings is 1. The van der Waals surface area contributed by atoms with Crippen LogP contribution in [0.3, 0.4) is 0 Å². The second-order valence-electron chi connectivity index (χ2n) is 8.07. The number of rotatable bonds is 7. The van der Waals surface area contributed by atoms with Gasteiger partial charge in [-0.2, -0.15) is 0 Å². The first-order valence-electron chi connectivity index (χ1n) is 10.5. The molecule has 1 heterocycles. The zero-order valence-electron chi connectivity index (χ0n) is 17.9. The number of amides is 2. The van der Waals surface area contributed by atoms with Crippen molar-refractivity contribution < 1.29 is 14.5 Å². The Morgan fingerprint density at radius 2 is 1.61 bits per heavy atom. The molecule has 2 amide bonds. The monoisotopic (exact) mass is 424 g/mol. The molecule has 0 spiro atoms. The van der Waals surface area contributed by atoms with E-state index in [0.29, 0.717) is 38.3 Å². The lowest BCUT2D eigenvalue weighted by Gasteiger charge is -2.37. The van der Waals surface area contributed by atoms with Gasteiger partial charge in [-0.05, 0) is 17.5 Å². The van der Waals surface area contributed by atoms with Gasteiger partial charge >= 0.3 is 0 Å². The Bertz CT molecular complexity index is 924. The lowest BCUT2D eigenvalue weighted by Crippen LogP contribution is -2.52. The average Bonchev–Trinajstić information content (AvgIpc) is 2.77. The van der Waals surface area contributed by atoms with Crippen LogP contribution in [0.5, 0.6) is 0 Å². The third-order valence-corrected chi connectivity index (χ3v) is 5.29. The number of hydrogen-bond acceptors (Lipinski definition) is 5. The maximum Gasteiger partial charge on any atom is 0.292 e. The van der Waals surface area contributed by atoms with Crippen molar-refractivity contribution in [3.63, 3.8) is 0 Å². The van der Waals surface area contributed by atoms with Gasteiger partial charge in [-0.25, -0.2) is 0 Å². The van der Waals surface area contributed by atoms with Gasteiger partial charge in [0.2, 0.25) is 11.8 Å². The number of nitro benzene ring substituents is 1. The van der Waals surface area contributed by atoms with E-state index in [2.05, 4.69) is 5.32 Å². The van der Waals surface area contributed by atoms with Crippen molar-refractivity contribution in [1.29, 1.82) is 0 Å². The summed E-state index contributed by atoms with van der Waals surface area (Å²) in [7, 11) is 0. The van der Waals surface area contributed by atoms with E-state index in [1.54, 1.807) is 23.1 Å². The molecule has 1 saturated heterocycles. The van der Waals surface area contributed by atoms with Crippen molar-refractivity contribution in [2.45, 2.75) is 26.3 Å². The van der Waals surface area contributed by atoms with Crippen LogP contribution in [0.1, 0.15) is 31.9 Å². The molecular weight excluding hydrogens is 396 g/mol. The molecule has 8 nitrogen and oxygen atoms in total. The van der Waals surface area contributed by atoms with Gasteiger partial charge in [-0.1, -0.05) is 56.3 Å². The van der Waals surface area contributed by atoms with Crippen molar-refractivity contribution >= 4 is 23.2 Å². The van der Waals surface area contributed by atoms with Gasteiger partial charge in [-0.3, -0.25) is 19.7 Å². The van der Waals surface area contributed by atoms with E-state index >= 15 is 0 Å². The Balaban J connectivity index is 1.72. The second kappa shape index (κ2) is 10.1. The van der Waals surface area contributed by atoms with Crippen LogP contribution in [0.15, 0.2) is 54.6 Å². The minimum Gasteiger partial charge on any atom is -0.362 e. The molecule has 1 aliphatic heterocycles. The third-order valence-electron chi connectivity index (χ3n) is 5.29. The summed E-state index contributed by atoms with van der Waals surface area (Å²) < 4.78 is 0. The second-order valence-corrected chi connectivity index (χ2v) is 8.07. The summed E-state index contributed by atoms with van der Waals surface area (Å²) >= 11 is 0. The fourth-order valence-electron chi connectivity index (χ4n) is 3.76. The number of nitro groups is 1. The predicted molar refractivity (Wildman–Crippen MR) is 119 cm³/mol. The van der Waals surface area contributed by atoms with Gasteiger partial charge in [0.15, 0.2) is 0 Å². The molecule has 1 aliphatic rings. The molecule has 1 N–H and O–H groups in total. The topological polar surface area (TPSA) is 95.8 Å². The van der Waals surface area contributed by atoms with Crippen molar-refractivity contribution in [2.75, 3.05) is 31.1 Å². The highest BCUT2D eigenvalue weighted by atomic mass is 16.6. The van der Waals surface area contributed by atoms with E-state index in [1.165, 1.54) is 6.07 Å². The third kappa shape index (κ3) is 5.59. The number of carbonyl (C=O) groups is 2. The van der Waals surface area contributed by atoms with Gasteiger partial charge in [0.25, 0.3) is 5.69 Å². The summed E-state index contributed by atoms with van der Waals surface area (Å²) in [4.78, 5) is 40.3. The Morgan fingerprint density at radius 1 is 1.00 bits per heavy atom. The summed E-state index contributed by atoms with van der Waals surface area (Å²) in [5.74, 6) is -0.127. The molecule has 1 fully saturated rings. The quantitative estimate of drug-likeness (QED) is 0.544. The largest absolute Gasteiger partial charge is 0.362 e. The number of anilines is 1. The molecule has 0 saturated carbocycles. The van der Waals surface area contributed by atoms with Crippen molar-refractivity contribution in [3.05, 3.63) is 70.3 Å². The lowest BCUT2D eigenvalue weighted by atomic mass is 10.0. The predicted octanol–water partition coefficient (Wildman–Crippen LogP) is 3.15. The molecule has 1 unspecified atom stereocenters. The fraction of sp³-hybridized carbons (Fsp3) is 0.391. The first-order chi connectivity index (χ1) is 14.9. The highest BCUT2D eigenvalue weighted by Gasteiger charge is 2.31. The molecule has 0 aliphatic carbocycles. The Labute approximate surface area is 182 Å². The smallest absolute Gasteiger partial charge is 0.292 e. The number of nitrogens with one attached hydrogen (secondary N) is 1. The Kier molecular flexibility index (Phi) is 7.23. The van der Waals surface area contributed by atoms with Gasteiger partial charge in [0.1, 0.15) is 11.7 Å². The molecule has 2 aromatic carbocycles. The molecule has 31 heavy (non-hydrogen) atoms. The van der Waals surface area contributed by atoms with Gasteiger partial charge < -0.3 is 15.1 Å². The molecule has 0 radical (unpaired) electrons. The van der Waals surface area contributed by atoms with Crippen LogP contribution < -0.4 is 10.2 Å². The normalized spacial score (nSPS) is 14.9. The molecule has 1 atom stereocenters. The standard InChI is InChI=1S/C23H28N4O4/c1-17(2)16-21(28)24-22(18-8-4-3-5-9-18)23(29)26-14-12-25(13-15-26)19-10-6-7-11-20(19)27(30)31/h3-11,17,22H,12-16H2,1-2H3,(H,24,28). The number of nitrogens with zero attached hydrogens (tertiary/aromatic N) is 3. The van der Waals surface area contributed by atoms with Crippen LogP contribution in [0.2, 0.25) is 0 Å². The molecule has 0 aromatic heterocycles. The summed E-state index contributed by atoms with van der Waals surface area (Å²) in [6.45, 7) is 5.74. The minimum absolute atomic E-state index is 0.0605. The van der Waals surface area contributed by atoms with E-state index in [-0.39, 0.29) is 28.3 Å². The molecule has 8 heteroatoms.